The van der Waals surface area contributed by atoms with Gasteiger partial charge in [-0.1, -0.05) is 6.92 Å². The molecule has 2 rings (SSSR count). The van der Waals surface area contributed by atoms with Crippen molar-refractivity contribution >= 4 is 33.4 Å². The highest BCUT2D eigenvalue weighted by Gasteiger charge is 2.06. The lowest BCUT2D eigenvalue weighted by atomic mass is 10.3. The minimum atomic E-state index is -0.314. The fourth-order valence-corrected chi connectivity index (χ4v) is 1.85. The molecule has 0 atom stereocenters. The van der Waals surface area contributed by atoms with Crippen LogP contribution in [0.25, 0.3) is 0 Å². The van der Waals surface area contributed by atoms with E-state index < -0.39 is 0 Å². The van der Waals surface area contributed by atoms with E-state index in [1.54, 1.807) is 18.3 Å². The third-order valence-corrected chi connectivity index (χ3v) is 3.33. The highest BCUT2D eigenvalue weighted by molar-refractivity contribution is 9.10. The van der Waals surface area contributed by atoms with Gasteiger partial charge in [-0.05, 0) is 47.5 Å². The number of nitrogens with one attached hydrogen (secondary N) is 2. The predicted octanol–water partition coefficient (Wildman–Crippen LogP) is 4.25. The first-order valence-electron chi connectivity index (χ1n) is 6.39. The summed E-state index contributed by atoms with van der Waals surface area (Å²) in [4.78, 5) is 8.60. The van der Waals surface area contributed by atoms with E-state index in [2.05, 4.69) is 43.5 Å². The molecular formula is C14H16BrFN4. The van der Waals surface area contributed by atoms with Crippen LogP contribution in [0.5, 0.6) is 0 Å². The zero-order valence-electron chi connectivity index (χ0n) is 11.4. The largest absolute Gasteiger partial charge is 0.354 e. The SMILES string of the molecule is CCCNc1ncc(C)c(Nc2ccc(Br)c(F)c2)n1. The second-order valence-electron chi connectivity index (χ2n) is 4.41. The van der Waals surface area contributed by atoms with Gasteiger partial charge in [-0.2, -0.15) is 4.98 Å². The molecule has 2 aromatic rings. The monoisotopic (exact) mass is 338 g/mol. The van der Waals surface area contributed by atoms with Gasteiger partial charge in [0.2, 0.25) is 5.95 Å². The lowest BCUT2D eigenvalue weighted by Gasteiger charge is -2.11. The average Bonchev–Trinajstić information content (AvgIpc) is 2.44. The second-order valence-corrected chi connectivity index (χ2v) is 5.26. The molecule has 6 heteroatoms. The minimum absolute atomic E-state index is 0.314. The number of aromatic nitrogens is 2. The maximum absolute atomic E-state index is 13.5. The van der Waals surface area contributed by atoms with E-state index in [9.17, 15) is 4.39 Å². The Morgan fingerprint density at radius 3 is 2.85 bits per heavy atom. The van der Waals surface area contributed by atoms with Gasteiger partial charge < -0.3 is 10.6 Å². The number of halogens is 2. The molecule has 4 nitrogen and oxygen atoms in total. The molecule has 0 saturated heterocycles. The van der Waals surface area contributed by atoms with Crippen LogP contribution in [0.3, 0.4) is 0 Å². The van der Waals surface area contributed by atoms with E-state index in [-0.39, 0.29) is 5.82 Å². The van der Waals surface area contributed by atoms with Gasteiger partial charge in [0.1, 0.15) is 11.6 Å². The average molecular weight is 339 g/mol. The quantitative estimate of drug-likeness (QED) is 0.855. The molecule has 1 aromatic carbocycles. The maximum Gasteiger partial charge on any atom is 0.224 e. The molecule has 0 saturated carbocycles. The Bertz CT molecular complexity index is 604. The number of benzene rings is 1. The molecule has 0 unspecified atom stereocenters. The number of hydrogen-bond acceptors (Lipinski definition) is 4. The molecule has 0 aliphatic carbocycles. The number of nitrogens with zero attached hydrogens (tertiary/aromatic N) is 2. The number of aryl methyl sites for hydroxylation is 1. The molecule has 0 aliphatic rings. The molecule has 1 heterocycles. The maximum atomic E-state index is 13.5. The summed E-state index contributed by atoms with van der Waals surface area (Å²) in [6.45, 7) is 4.79. The molecule has 20 heavy (non-hydrogen) atoms. The Kier molecular flexibility index (Phi) is 4.89. The molecule has 0 bridgehead atoms. The zero-order valence-corrected chi connectivity index (χ0v) is 13.0. The van der Waals surface area contributed by atoms with E-state index in [4.69, 9.17) is 0 Å². The highest BCUT2D eigenvalue weighted by Crippen LogP contribution is 2.23. The van der Waals surface area contributed by atoms with Crippen molar-refractivity contribution in [1.82, 2.24) is 9.97 Å². The van der Waals surface area contributed by atoms with E-state index >= 15 is 0 Å². The van der Waals surface area contributed by atoms with Crippen molar-refractivity contribution in [2.24, 2.45) is 0 Å². The smallest absolute Gasteiger partial charge is 0.224 e. The van der Waals surface area contributed by atoms with Crippen LogP contribution in [0.4, 0.5) is 21.8 Å². The van der Waals surface area contributed by atoms with Crippen molar-refractivity contribution in [2.45, 2.75) is 20.3 Å². The summed E-state index contributed by atoms with van der Waals surface area (Å²) in [5.41, 5.74) is 1.55. The van der Waals surface area contributed by atoms with Crippen LogP contribution >= 0.6 is 15.9 Å². The lowest BCUT2D eigenvalue weighted by molar-refractivity contribution is 0.622. The first-order chi connectivity index (χ1) is 9.60. The summed E-state index contributed by atoms with van der Waals surface area (Å²) in [5.74, 6) is 0.920. The third kappa shape index (κ3) is 3.66. The van der Waals surface area contributed by atoms with Gasteiger partial charge in [0.15, 0.2) is 0 Å². The van der Waals surface area contributed by atoms with Crippen LogP contribution in [0.2, 0.25) is 0 Å². The van der Waals surface area contributed by atoms with Crippen LogP contribution in [-0.2, 0) is 0 Å². The molecule has 0 radical (unpaired) electrons. The summed E-state index contributed by atoms with van der Waals surface area (Å²) in [6, 6.07) is 4.86. The lowest BCUT2D eigenvalue weighted by Crippen LogP contribution is -2.07. The molecule has 2 N–H and O–H groups in total. The van der Waals surface area contributed by atoms with Gasteiger partial charge in [0, 0.05) is 24.0 Å². The van der Waals surface area contributed by atoms with Crippen LogP contribution in [0, 0.1) is 12.7 Å². The summed E-state index contributed by atoms with van der Waals surface area (Å²) in [5, 5.41) is 6.23. The molecule has 0 fully saturated rings. The standard InChI is InChI=1S/C14H16BrFN4/c1-3-6-17-14-18-8-9(2)13(20-14)19-10-4-5-11(15)12(16)7-10/h4-5,7-8H,3,6H2,1-2H3,(H2,17,18,19,20). The molecular weight excluding hydrogens is 323 g/mol. The van der Waals surface area contributed by atoms with Crippen LogP contribution in [0.1, 0.15) is 18.9 Å². The number of rotatable bonds is 5. The molecule has 106 valence electrons. The predicted molar refractivity (Wildman–Crippen MR) is 82.9 cm³/mol. The topological polar surface area (TPSA) is 49.8 Å². The van der Waals surface area contributed by atoms with Crippen molar-refractivity contribution in [3.63, 3.8) is 0 Å². The van der Waals surface area contributed by atoms with Gasteiger partial charge in [0.25, 0.3) is 0 Å². The molecule has 0 spiro atoms. The Labute approximate surface area is 126 Å². The van der Waals surface area contributed by atoms with Crippen molar-refractivity contribution in [1.29, 1.82) is 0 Å². The Balaban J connectivity index is 2.20. The summed E-state index contributed by atoms with van der Waals surface area (Å²) in [6.07, 6.45) is 2.74. The normalized spacial score (nSPS) is 10.4. The zero-order chi connectivity index (χ0) is 14.5. The fourth-order valence-electron chi connectivity index (χ4n) is 1.60. The minimum Gasteiger partial charge on any atom is -0.354 e. The Hall–Kier alpha value is -1.69. The third-order valence-electron chi connectivity index (χ3n) is 2.69. The van der Waals surface area contributed by atoms with E-state index in [0.717, 1.165) is 18.5 Å². The molecule has 0 aliphatic heterocycles. The molecule has 1 aromatic heterocycles. The van der Waals surface area contributed by atoms with Gasteiger partial charge in [-0.15, -0.1) is 0 Å². The summed E-state index contributed by atoms with van der Waals surface area (Å²) < 4.78 is 13.9. The van der Waals surface area contributed by atoms with Gasteiger partial charge >= 0.3 is 0 Å². The van der Waals surface area contributed by atoms with Crippen molar-refractivity contribution in [3.8, 4) is 0 Å². The van der Waals surface area contributed by atoms with Gasteiger partial charge in [-0.3, -0.25) is 0 Å². The summed E-state index contributed by atoms with van der Waals surface area (Å²) >= 11 is 3.13. The van der Waals surface area contributed by atoms with Crippen molar-refractivity contribution < 1.29 is 4.39 Å². The van der Waals surface area contributed by atoms with E-state index in [1.807, 2.05) is 6.92 Å². The summed E-state index contributed by atoms with van der Waals surface area (Å²) in [7, 11) is 0. The first-order valence-corrected chi connectivity index (χ1v) is 7.19. The number of anilines is 3. The first kappa shape index (κ1) is 14.7. The van der Waals surface area contributed by atoms with Crippen LogP contribution in [0.15, 0.2) is 28.9 Å². The van der Waals surface area contributed by atoms with Crippen molar-refractivity contribution in [2.75, 3.05) is 17.2 Å². The molecule has 0 amide bonds. The Morgan fingerprint density at radius 1 is 1.35 bits per heavy atom. The second kappa shape index (κ2) is 6.65. The van der Waals surface area contributed by atoms with Crippen molar-refractivity contribution in [3.05, 3.63) is 40.2 Å². The van der Waals surface area contributed by atoms with Gasteiger partial charge in [0.05, 0.1) is 4.47 Å². The number of hydrogen-bond donors (Lipinski definition) is 2. The highest BCUT2D eigenvalue weighted by atomic mass is 79.9. The Morgan fingerprint density at radius 2 is 2.15 bits per heavy atom. The van der Waals surface area contributed by atoms with E-state index in [0.29, 0.717) is 21.9 Å². The van der Waals surface area contributed by atoms with Gasteiger partial charge in [-0.25, -0.2) is 9.37 Å². The van der Waals surface area contributed by atoms with E-state index in [1.165, 1.54) is 6.07 Å². The van der Waals surface area contributed by atoms with Crippen LogP contribution < -0.4 is 10.6 Å². The van der Waals surface area contributed by atoms with Crippen LogP contribution in [-0.4, -0.2) is 16.5 Å². The fraction of sp³-hybridized carbons (Fsp3) is 0.286.